The first-order valence-electron chi connectivity index (χ1n) is 8.52. The van der Waals surface area contributed by atoms with E-state index in [0.717, 1.165) is 12.8 Å². The number of amides is 1. The third kappa shape index (κ3) is 4.35. The van der Waals surface area contributed by atoms with E-state index in [4.69, 9.17) is 9.63 Å². The van der Waals surface area contributed by atoms with Crippen molar-refractivity contribution in [2.45, 2.75) is 19.3 Å². The largest absolute Gasteiger partial charge is 0.396 e. The summed E-state index contributed by atoms with van der Waals surface area (Å²) in [4.78, 5) is 37.8. The van der Waals surface area contributed by atoms with Crippen LogP contribution in [0.2, 0.25) is 0 Å². The molecule has 0 unspecified atom stereocenters. The molecule has 1 aliphatic rings. The van der Waals surface area contributed by atoms with Gasteiger partial charge in [0.15, 0.2) is 5.69 Å². The minimum Gasteiger partial charge on any atom is -0.396 e. The molecule has 0 spiro atoms. The third-order valence-corrected chi connectivity index (χ3v) is 5.04. The lowest BCUT2D eigenvalue weighted by atomic mass is 9.99. The zero-order valence-corrected chi connectivity index (χ0v) is 15.3. The number of benzene rings is 1. The monoisotopic (exact) mass is 386 g/mol. The summed E-state index contributed by atoms with van der Waals surface area (Å²) < 4.78 is 4.97. The van der Waals surface area contributed by atoms with Crippen LogP contribution in [-0.2, 0) is 0 Å². The Balaban J connectivity index is 1.75. The van der Waals surface area contributed by atoms with Crippen LogP contribution in [0.4, 0.5) is 5.69 Å². The summed E-state index contributed by atoms with van der Waals surface area (Å²) >= 11 is 1.26. The minimum absolute atomic E-state index is 0.0891. The molecule has 3 rings (SSSR count). The van der Waals surface area contributed by atoms with Gasteiger partial charge in [0, 0.05) is 18.4 Å². The van der Waals surface area contributed by atoms with Gasteiger partial charge >= 0.3 is 0 Å². The van der Waals surface area contributed by atoms with Crippen LogP contribution >= 0.6 is 11.8 Å². The SMILES string of the molecule is O=C(Nc1ccccc1)c1noc2c1C(=O)C(SCCCCCO)=CC2=O. The molecule has 0 atom stereocenters. The number of carbonyl (C=O) groups excluding carboxylic acids is 3. The molecular weight excluding hydrogens is 368 g/mol. The van der Waals surface area contributed by atoms with Crippen molar-refractivity contribution in [1.82, 2.24) is 5.16 Å². The Morgan fingerprint density at radius 3 is 2.67 bits per heavy atom. The minimum atomic E-state index is -0.610. The standard InChI is InChI=1S/C19H18N2O5S/c22-9-5-2-6-10-27-14-11-13(23)18-15(17(14)24)16(21-26-18)19(25)20-12-7-3-1-4-8-12/h1,3-4,7-8,11,22H,2,5-6,9-10H2,(H,20,25). The van der Waals surface area contributed by atoms with Gasteiger partial charge in [0.25, 0.3) is 5.91 Å². The summed E-state index contributed by atoms with van der Waals surface area (Å²) in [6.07, 6.45) is 3.57. The topological polar surface area (TPSA) is 110 Å². The van der Waals surface area contributed by atoms with E-state index in [2.05, 4.69) is 10.5 Å². The van der Waals surface area contributed by atoms with Crippen LogP contribution in [0.25, 0.3) is 0 Å². The fourth-order valence-electron chi connectivity index (χ4n) is 2.59. The summed E-state index contributed by atoms with van der Waals surface area (Å²) in [5.41, 5.74) is 0.260. The highest BCUT2D eigenvalue weighted by Crippen LogP contribution is 2.31. The lowest BCUT2D eigenvalue weighted by Gasteiger charge is -2.11. The number of hydrogen-bond acceptors (Lipinski definition) is 7. The molecule has 0 saturated carbocycles. The van der Waals surface area contributed by atoms with Crippen molar-refractivity contribution in [3.05, 3.63) is 58.3 Å². The fraction of sp³-hybridized carbons (Fsp3) is 0.263. The number of nitrogens with zero attached hydrogens (tertiary/aromatic N) is 1. The van der Waals surface area contributed by atoms with Crippen molar-refractivity contribution in [2.75, 3.05) is 17.7 Å². The molecule has 8 heteroatoms. The molecule has 1 heterocycles. The Labute approximate surface area is 159 Å². The first-order valence-corrected chi connectivity index (χ1v) is 9.51. The number of unbranched alkanes of at least 4 members (excludes halogenated alkanes) is 2. The van der Waals surface area contributed by atoms with Gasteiger partial charge in [-0.1, -0.05) is 29.8 Å². The van der Waals surface area contributed by atoms with Crippen molar-refractivity contribution in [2.24, 2.45) is 0 Å². The van der Waals surface area contributed by atoms with Gasteiger partial charge in [-0.2, -0.15) is 0 Å². The van der Waals surface area contributed by atoms with Crippen molar-refractivity contribution in [3.8, 4) is 0 Å². The molecule has 140 valence electrons. The van der Waals surface area contributed by atoms with Crippen LogP contribution in [0.3, 0.4) is 0 Å². The van der Waals surface area contributed by atoms with Crippen LogP contribution < -0.4 is 5.32 Å². The molecule has 0 saturated heterocycles. The number of ketones is 2. The predicted octanol–water partition coefficient (Wildman–Crippen LogP) is 3.09. The fourth-order valence-corrected chi connectivity index (χ4v) is 3.58. The average molecular weight is 386 g/mol. The zero-order valence-electron chi connectivity index (χ0n) is 14.4. The highest BCUT2D eigenvalue weighted by atomic mass is 32.2. The molecule has 2 aromatic rings. The van der Waals surface area contributed by atoms with E-state index in [1.165, 1.54) is 17.8 Å². The van der Waals surface area contributed by atoms with E-state index in [-0.39, 0.29) is 28.5 Å². The Kier molecular flexibility index (Phi) is 6.20. The summed E-state index contributed by atoms with van der Waals surface area (Å²) in [5.74, 6) is -1.09. The van der Waals surface area contributed by atoms with Gasteiger partial charge in [-0.15, -0.1) is 11.8 Å². The number of aliphatic hydroxyl groups excluding tert-OH is 1. The number of fused-ring (bicyclic) bond motifs is 1. The maximum atomic E-state index is 12.8. The highest BCUT2D eigenvalue weighted by Gasteiger charge is 2.36. The predicted molar refractivity (Wildman–Crippen MR) is 101 cm³/mol. The number of anilines is 1. The van der Waals surface area contributed by atoms with Crippen LogP contribution in [0.5, 0.6) is 0 Å². The molecule has 7 nitrogen and oxygen atoms in total. The summed E-state index contributed by atoms with van der Waals surface area (Å²) in [6.45, 7) is 0.134. The van der Waals surface area contributed by atoms with Crippen LogP contribution in [0.15, 0.2) is 45.8 Å². The normalized spacial score (nSPS) is 13.3. The van der Waals surface area contributed by atoms with Crippen molar-refractivity contribution >= 4 is 34.9 Å². The summed E-state index contributed by atoms with van der Waals surface area (Å²) in [5, 5.41) is 15.1. The molecule has 1 aliphatic carbocycles. The van der Waals surface area contributed by atoms with Gasteiger partial charge in [-0.05, 0) is 30.7 Å². The molecule has 1 aromatic heterocycles. The molecule has 2 N–H and O–H groups in total. The smallest absolute Gasteiger partial charge is 0.278 e. The molecule has 0 fully saturated rings. The Morgan fingerprint density at radius 2 is 1.93 bits per heavy atom. The lowest BCUT2D eigenvalue weighted by molar-refractivity contribution is 0.0967. The van der Waals surface area contributed by atoms with Gasteiger partial charge in [0.1, 0.15) is 5.56 Å². The number of Topliss-reactive ketones (excluding diaryl/α,β-unsaturated/α-hetero) is 1. The maximum absolute atomic E-state index is 12.8. The number of para-hydroxylation sites is 1. The van der Waals surface area contributed by atoms with Crippen molar-refractivity contribution in [3.63, 3.8) is 0 Å². The zero-order chi connectivity index (χ0) is 19.2. The second kappa shape index (κ2) is 8.79. The Bertz CT molecular complexity index is 889. The quantitative estimate of drug-likeness (QED) is 0.671. The van der Waals surface area contributed by atoms with Gasteiger partial charge in [0.2, 0.25) is 17.3 Å². The number of hydrogen-bond donors (Lipinski definition) is 2. The van der Waals surface area contributed by atoms with Gasteiger partial charge in [-0.3, -0.25) is 14.4 Å². The molecule has 0 aliphatic heterocycles. The number of allylic oxidation sites excluding steroid dienone is 2. The number of aromatic nitrogens is 1. The number of thioether (sulfide) groups is 1. The Morgan fingerprint density at radius 1 is 1.15 bits per heavy atom. The number of carbonyl (C=O) groups is 3. The molecule has 1 aromatic carbocycles. The van der Waals surface area contributed by atoms with Crippen LogP contribution in [-0.4, -0.2) is 40.1 Å². The molecule has 1 amide bonds. The number of nitrogens with one attached hydrogen (secondary N) is 1. The first kappa shape index (κ1) is 19.1. The van der Waals surface area contributed by atoms with E-state index in [1.54, 1.807) is 24.3 Å². The van der Waals surface area contributed by atoms with E-state index < -0.39 is 17.5 Å². The maximum Gasteiger partial charge on any atom is 0.278 e. The molecule has 0 radical (unpaired) electrons. The Hall–Kier alpha value is -2.71. The summed E-state index contributed by atoms with van der Waals surface area (Å²) in [7, 11) is 0. The molecule has 0 bridgehead atoms. The van der Waals surface area contributed by atoms with Gasteiger partial charge < -0.3 is 14.9 Å². The number of aliphatic hydroxyl groups is 1. The van der Waals surface area contributed by atoms with E-state index in [0.29, 0.717) is 17.9 Å². The van der Waals surface area contributed by atoms with E-state index in [9.17, 15) is 14.4 Å². The summed E-state index contributed by atoms with van der Waals surface area (Å²) in [6, 6.07) is 8.73. The molecular formula is C19H18N2O5S. The van der Waals surface area contributed by atoms with Gasteiger partial charge in [-0.25, -0.2) is 0 Å². The van der Waals surface area contributed by atoms with Crippen LogP contribution in [0.1, 0.15) is 50.7 Å². The first-order chi connectivity index (χ1) is 13.1. The van der Waals surface area contributed by atoms with E-state index >= 15 is 0 Å². The molecule has 27 heavy (non-hydrogen) atoms. The van der Waals surface area contributed by atoms with Crippen molar-refractivity contribution in [1.29, 1.82) is 0 Å². The lowest BCUT2D eigenvalue weighted by Crippen LogP contribution is -2.20. The van der Waals surface area contributed by atoms with Gasteiger partial charge in [0.05, 0.1) is 4.91 Å². The van der Waals surface area contributed by atoms with Crippen LogP contribution in [0, 0.1) is 0 Å². The third-order valence-electron chi connectivity index (χ3n) is 3.94. The van der Waals surface area contributed by atoms with E-state index in [1.807, 2.05) is 6.07 Å². The second-order valence-corrected chi connectivity index (χ2v) is 7.03. The average Bonchev–Trinajstić information content (AvgIpc) is 3.12. The van der Waals surface area contributed by atoms with Crippen molar-refractivity contribution < 1.29 is 24.0 Å². The second-order valence-electron chi connectivity index (χ2n) is 5.89. The number of rotatable bonds is 8. The highest BCUT2D eigenvalue weighted by molar-refractivity contribution is 8.04.